The van der Waals surface area contributed by atoms with E-state index in [9.17, 15) is 9.18 Å². The average molecular weight is 377 g/mol. The molecule has 0 N–H and O–H groups in total. The Labute approximate surface area is 162 Å². The number of rotatable bonds is 4. The minimum Gasteiger partial charge on any atom is -0.352 e. The number of amides is 1. The van der Waals surface area contributed by atoms with Crippen LogP contribution in [-0.2, 0) is 11.2 Å². The molecule has 6 nitrogen and oxygen atoms in total. The summed E-state index contributed by atoms with van der Waals surface area (Å²) in [6.45, 7) is 2.66. The summed E-state index contributed by atoms with van der Waals surface area (Å²) in [5, 5.41) is 8.60. The Morgan fingerprint density at radius 2 is 1.68 bits per heavy atom. The van der Waals surface area contributed by atoms with Crippen LogP contribution in [0.5, 0.6) is 0 Å². The van der Waals surface area contributed by atoms with E-state index in [0.29, 0.717) is 32.6 Å². The second-order valence-corrected chi connectivity index (χ2v) is 6.66. The molecule has 1 aromatic carbocycles. The topological polar surface area (TPSA) is 62.2 Å². The van der Waals surface area contributed by atoms with Crippen molar-refractivity contribution < 1.29 is 9.18 Å². The minimum atomic E-state index is -0.292. The van der Waals surface area contributed by atoms with Crippen LogP contribution in [-0.4, -0.2) is 52.2 Å². The van der Waals surface area contributed by atoms with Gasteiger partial charge in [0.25, 0.3) is 0 Å². The number of halogens is 1. The van der Waals surface area contributed by atoms with E-state index in [0.717, 1.165) is 22.8 Å². The highest BCUT2D eigenvalue weighted by Crippen LogP contribution is 2.18. The average Bonchev–Trinajstić information content (AvgIpc) is 2.76. The van der Waals surface area contributed by atoms with Crippen LogP contribution in [0.1, 0.15) is 5.56 Å². The van der Waals surface area contributed by atoms with Crippen LogP contribution >= 0.6 is 0 Å². The summed E-state index contributed by atoms with van der Waals surface area (Å²) in [5.41, 5.74) is 2.35. The quantitative estimate of drug-likeness (QED) is 0.699. The lowest BCUT2D eigenvalue weighted by Gasteiger charge is -2.35. The zero-order valence-corrected chi connectivity index (χ0v) is 15.3. The van der Waals surface area contributed by atoms with Crippen molar-refractivity contribution in [2.24, 2.45) is 0 Å². The van der Waals surface area contributed by atoms with Crippen LogP contribution in [0.15, 0.2) is 60.8 Å². The first-order valence-electron chi connectivity index (χ1n) is 9.21. The van der Waals surface area contributed by atoms with Gasteiger partial charge in [0.05, 0.1) is 12.1 Å². The normalized spacial score (nSPS) is 14.2. The van der Waals surface area contributed by atoms with E-state index >= 15 is 0 Å². The van der Waals surface area contributed by atoms with Crippen LogP contribution in [0.3, 0.4) is 0 Å². The standard InChI is InChI=1S/C21H20FN5O/c22-17-6-4-16(5-7-17)15-21(28)27-13-11-26(12-14-27)20-9-8-19(24-25-20)18-3-1-2-10-23-18/h1-10H,11-15H2. The van der Waals surface area contributed by atoms with Crippen molar-refractivity contribution in [2.45, 2.75) is 6.42 Å². The van der Waals surface area contributed by atoms with E-state index in [4.69, 9.17) is 0 Å². The largest absolute Gasteiger partial charge is 0.352 e. The minimum absolute atomic E-state index is 0.0582. The van der Waals surface area contributed by atoms with Crippen LogP contribution < -0.4 is 4.90 Å². The van der Waals surface area contributed by atoms with Gasteiger partial charge in [-0.2, -0.15) is 0 Å². The summed E-state index contributed by atoms with van der Waals surface area (Å²) in [5.74, 6) is 0.563. The second kappa shape index (κ2) is 8.12. The van der Waals surface area contributed by atoms with Crippen molar-refractivity contribution >= 4 is 11.7 Å². The highest BCUT2D eigenvalue weighted by molar-refractivity contribution is 5.79. The number of nitrogens with zero attached hydrogens (tertiary/aromatic N) is 5. The molecule has 0 atom stereocenters. The molecule has 28 heavy (non-hydrogen) atoms. The summed E-state index contributed by atoms with van der Waals surface area (Å²) in [4.78, 5) is 20.7. The number of piperazine rings is 1. The number of carbonyl (C=O) groups excluding carboxylic acids is 1. The maximum atomic E-state index is 13.0. The van der Waals surface area contributed by atoms with Crippen LogP contribution in [0.25, 0.3) is 11.4 Å². The Hall–Kier alpha value is -3.35. The summed E-state index contributed by atoms with van der Waals surface area (Å²) >= 11 is 0. The van der Waals surface area contributed by atoms with E-state index in [1.807, 2.05) is 35.2 Å². The van der Waals surface area contributed by atoms with Gasteiger partial charge in [-0.15, -0.1) is 10.2 Å². The first kappa shape index (κ1) is 18.0. The molecule has 1 fully saturated rings. The molecule has 0 bridgehead atoms. The Morgan fingerprint density at radius 3 is 2.32 bits per heavy atom. The molecule has 2 aromatic heterocycles. The molecule has 1 saturated heterocycles. The van der Waals surface area contributed by atoms with Gasteiger partial charge in [0.15, 0.2) is 5.82 Å². The molecular weight excluding hydrogens is 357 g/mol. The lowest BCUT2D eigenvalue weighted by Crippen LogP contribution is -2.49. The van der Waals surface area contributed by atoms with E-state index in [-0.39, 0.29) is 11.7 Å². The van der Waals surface area contributed by atoms with Gasteiger partial charge in [0, 0.05) is 32.4 Å². The van der Waals surface area contributed by atoms with Crippen molar-refractivity contribution in [3.05, 3.63) is 72.2 Å². The van der Waals surface area contributed by atoms with Crippen molar-refractivity contribution in [2.75, 3.05) is 31.1 Å². The van der Waals surface area contributed by atoms with Crippen LogP contribution in [0.2, 0.25) is 0 Å². The fraction of sp³-hybridized carbons (Fsp3) is 0.238. The molecule has 0 radical (unpaired) electrons. The SMILES string of the molecule is O=C(Cc1ccc(F)cc1)N1CCN(c2ccc(-c3ccccn3)nn2)CC1. The maximum absolute atomic E-state index is 13.0. The van der Waals surface area contributed by atoms with Crippen molar-refractivity contribution in [1.82, 2.24) is 20.1 Å². The summed E-state index contributed by atoms with van der Waals surface area (Å²) in [6.07, 6.45) is 2.02. The zero-order chi connectivity index (χ0) is 19.3. The van der Waals surface area contributed by atoms with Gasteiger partial charge in [-0.25, -0.2) is 4.39 Å². The van der Waals surface area contributed by atoms with E-state index in [1.165, 1.54) is 12.1 Å². The van der Waals surface area contributed by atoms with Crippen molar-refractivity contribution in [3.63, 3.8) is 0 Å². The first-order valence-corrected chi connectivity index (χ1v) is 9.21. The van der Waals surface area contributed by atoms with Gasteiger partial charge in [-0.05, 0) is 42.0 Å². The van der Waals surface area contributed by atoms with Crippen LogP contribution in [0.4, 0.5) is 10.2 Å². The molecule has 7 heteroatoms. The summed E-state index contributed by atoms with van der Waals surface area (Å²) < 4.78 is 13.0. The van der Waals surface area contributed by atoms with E-state index in [1.54, 1.807) is 18.3 Å². The van der Waals surface area contributed by atoms with Gasteiger partial charge in [-0.3, -0.25) is 9.78 Å². The van der Waals surface area contributed by atoms with Gasteiger partial charge < -0.3 is 9.80 Å². The second-order valence-electron chi connectivity index (χ2n) is 6.66. The summed E-state index contributed by atoms with van der Waals surface area (Å²) in [7, 11) is 0. The Morgan fingerprint density at radius 1 is 0.893 bits per heavy atom. The fourth-order valence-corrected chi connectivity index (χ4v) is 3.22. The van der Waals surface area contributed by atoms with Gasteiger partial charge in [0.2, 0.25) is 5.91 Å². The first-order chi connectivity index (χ1) is 13.7. The molecule has 4 rings (SSSR count). The molecule has 0 saturated carbocycles. The monoisotopic (exact) mass is 377 g/mol. The molecule has 0 unspecified atom stereocenters. The predicted molar refractivity (Wildman–Crippen MR) is 104 cm³/mol. The molecule has 142 valence electrons. The number of hydrogen-bond donors (Lipinski definition) is 0. The predicted octanol–water partition coefficient (Wildman–Crippen LogP) is 2.57. The van der Waals surface area contributed by atoms with Crippen molar-refractivity contribution in [3.8, 4) is 11.4 Å². The molecule has 0 spiro atoms. The molecule has 3 aromatic rings. The molecular formula is C21H20FN5O. The number of carbonyl (C=O) groups is 1. The fourth-order valence-electron chi connectivity index (χ4n) is 3.22. The molecule has 0 aliphatic carbocycles. The van der Waals surface area contributed by atoms with Gasteiger partial charge >= 0.3 is 0 Å². The lowest BCUT2D eigenvalue weighted by atomic mass is 10.1. The highest BCUT2D eigenvalue weighted by atomic mass is 19.1. The Balaban J connectivity index is 1.33. The third-order valence-corrected chi connectivity index (χ3v) is 4.80. The maximum Gasteiger partial charge on any atom is 0.227 e. The smallest absolute Gasteiger partial charge is 0.227 e. The zero-order valence-electron chi connectivity index (χ0n) is 15.3. The highest BCUT2D eigenvalue weighted by Gasteiger charge is 2.22. The lowest BCUT2D eigenvalue weighted by molar-refractivity contribution is -0.130. The van der Waals surface area contributed by atoms with Gasteiger partial charge in [0.1, 0.15) is 11.5 Å². The number of aromatic nitrogens is 3. The molecule has 3 heterocycles. The number of anilines is 1. The van der Waals surface area contributed by atoms with Gasteiger partial charge in [-0.1, -0.05) is 18.2 Å². The van der Waals surface area contributed by atoms with E-state index in [2.05, 4.69) is 20.1 Å². The number of hydrogen-bond acceptors (Lipinski definition) is 5. The third-order valence-electron chi connectivity index (χ3n) is 4.80. The summed E-state index contributed by atoms with van der Waals surface area (Å²) in [6, 6.07) is 15.6. The molecule has 1 aliphatic rings. The number of benzene rings is 1. The van der Waals surface area contributed by atoms with Crippen molar-refractivity contribution in [1.29, 1.82) is 0 Å². The Bertz CT molecular complexity index is 923. The molecule has 1 aliphatic heterocycles. The van der Waals surface area contributed by atoms with Crippen LogP contribution in [0, 0.1) is 5.82 Å². The third kappa shape index (κ3) is 4.14. The van der Waals surface area contributed by atoms with E-state index < -0.39 is 0 Å². The Kier molecular flexibility index (Phi) is 5.23. The number of pyridine rings is 1. The molecule has 1 amide bonds.